The first-order valence-electron chi connectivity index (χ1n) is 22.8. The van der Waals surface area contributed by atoms with Crippen molar-refractivity contribution in [2.75, 3.05) is 13.7 Å². The number of methoxy groups -OCH3 is 1. The minimum absolute atomic E-state index is 0.211. The summed E-state index contributed by atoms with van der Waals surface area (Å²) in [6.45, 7) is 1.86. The van der Waals surface area contributed by atoms with E-state index in [1.807, 2.05) is 0 Å². The van der Waals surface area contributed by atoms with Crippen molar-refractivity contribution >= 4 is 23.9 Å². The van der Waals surface area contributed by atoms with E-state index >= 15 is 0 Å². The maximum Gasteiger partial charge on any atom is 0.338 e. The maximum absolute atomic E-state index is 14.2. The molecular weight excluding hydrogens is 837 g/mol. The second-order valence-electron chi connectivity index (χ2n) is 17.8. The molecule has 1 aliphatic heterocycles. The molecule has 5 aromatic rings. The van der Waals surface area contributed by atoms with Crippen LogP contribution in [0.5, 0.6) is 5.75 Å². The largest absolute Gasteiger partial charge is 0.497 e. The predicted octanol–water partition coefficient (Wildman–Crippen LogP) is 9.75. The number of allylic oxidation sites excluding steroid dienone is 1. The normalized spacial score (nSPS) is 27.6. The van der Waals surface area contributed by atoms with Gasteiger partial charge in [0.1, 0.15) is 18.5 Å². The highest BCUT2D eigenvalue weighted by molar-refractivity contribution is 5.91. The molecule has 11 nitrogen and oxygen atoms in total. The molecule has 0 bridgehead atoms. The molecule has 1 saturated heterocycles. The van der Waals surface area contributed by atoms with Crippen LogP contribution in [0.2, 0.25) is 0 Å². The van der Waals surface area contributed by atoms with Gasteiger partial charge in [-0.2, -0.15) is 0 Å². The van der Waals surface area contributed by atoms with Gasteiger partial charge >= 0.3 is 23.9 Å². The van der Waals surface area contributed by atoms with E-state index in [2.05, 4.69) is 37.3 Å². The quantitative estimate of drug-likeness (QED) is 0.0674. The maximum atomic E-state index is 14.2. The highest BCUT2D eigenvalue weighted by Crippen LogP contribution is 2.59. The lowest BCUT2D eigenvalue weighted by molar-refractivity contribution is -0.320. The van der Waals surface area contributed by atoms with Crippen molar-refractivity contribution in [2.24, 2.45) is 17.3 Å². The Labute approximate surface area is 385 Å². The molecule has 5 aromatic carbocycles. The Morgan fingerprint density at radius 2 is 1.15 bits per heavy atom. The number of ether oxygens (including phenoxy) is 7. The van der Waals surface area contributed by atoms with Gasteiger partial charge in [0.15, 0.2) is 24.6 Å². The van der Waals surface area contributed by atoms with Crippen molar-refractivity contribution in [3.8, 4) is 5.75 Å². The van der Waals surface area contributed by atoms with E-state index in [1.165, 1.54) is 11.1 Å². The Morgan fingerprint density at radius 1 is 0.621 bits per heavy atom. The number of fused-ring (bicyclic) bond motifs is 5. The van der Waals surface area contributed by atoms with E-state index in [0.29, 0.717) is 23.8 Å². The van der Waals surface area contributed by atoms with Gasteiger partial charge < -0.3 is 33.2 Å². The molecule has 2 fully saturated rings. The summed E-state index contributed by atoms with van der Waals surface area (Å²) in [7, 11) is 1.70. The molecule has 0 N–H and O–H groups in total. The fraction of sp³-hybridized carbons (Fsp3) is 0.345. The van der Waals surface area contributed by atoms with Gasteiger partial charge in [-0.05, 0) is 133 Å². The van der Waals surface area contributed by atoms with Crippen LogP contribution in [0.4, 0.5) is 0 Å². The third kappa shape index (κ3) is 9.41. The van der Waals surface area contributed by atoms with Crippen molar-refractivity contribution < 1.29 is 52.3 Å². The number of benzene rings is 5. The number of rotatable bonds is 12. The summed E-state index contributed by atoms with van der Waals surface area (Å²) in [5.74, 6) is -1.04. The molecule has 11 heteroatoms. The van der Waals surface area contributed by atoms with E-state index < -0.39 is 67.3 Å². The minimum atomic E-state index is -1.51. The van der Waals surface area contributed by atoms with Crippen molar-refractivity contribution in [3.05, 3.63) is 185 Å². The summed E-state index contributed by atoms with van der Waals surface area (Å²) >= 11 is 0. The van der Waals surface area contributed by atoms with Crippen molar-refractivity contribution in [3.63, 3.8) is 0 Å². The van der Waals surface area contributed by atoms with Crippen LogP contribution in [0.3, 0.4) is 0 Å². The van der Waals surface area contributed by atoms with Gasteiger partial charge in [0.25, 0.3) is 0 Å². The highest BCUT2D eigenvalue weighted by Gasteiger charge is 2.57. The van der Waals surface area contributed by atoms with Gasteiger partial charge in [-0.1, -0.05) is 97.9 Å². The molecule has 0 spiro atoms. The van der Waals surface area contributed by atoms with Crippen molar-refractivity contribution in [2.45, 2.75) is 88.2 Å². The van der Waals surface area contributed by atoms with E-state index in [0.717, 1.165) is 37.9 Å². The number of carbonyl (C=O) groups excluding carboxylic acids is 4. The van der Waals surface area contributed by atoms with Gasteiger partial charge in [0, 0.05) is 0 Å². The Balaban J connectivity index is 1.10. The minimum Gasteiger partial charge on any atom is -0.497 e. The summed E-state index contributed by atoms with van der Waals surface area (Å²) in [6, 6.07) is 40.1. The molecule has 0 radical (unpaired) electrons. The topological polar surface area (TPSA) is 133 Å². The molecule has 3 aliphatic carbocycles. The van der Waals surface area contributed by atoms with Gasteiger partial charge in [-0.15, -0.1) is 0 Å². The fourth-order valence-corrected chi connectivity index (χ4v) is 10.6. The number of carbonyl (C=O) groups is 4. The SMILES string of the molecule is COc1ccc2c(c1)CC[C@@H]1[C@@H]2CC[C@]2(C)[C@@H](O[C@@H]3O[C@H](COC(=O)c4ccccc4)[C@@H](OC(=O)c4ccccc4)[C@H](OC(=O)c4ccccc4)[C@H]3OC(=O)c3ccccc3)CC=CC[C@@H]12. The van der Waals surface area contributed by atoms with Crippen LogP contribution in [0, 0.1) is 17.3 Å². The summed E-state index contributed by atoms with van der Waals surface area (Å²) < 4.78 is 44.6. The van der Waals surface area contributed by atoms with Crippen LogP contribution >= 0.6 is 0 Å². The lowest BCUT2D eigenvalue weighted by Crippen LogP contribution is -2.64. The number of hydrogen-bond acceptors (Lipinski definition) is 11. The number of hydrogen-bond donors (Lipinski definition) is 0. The molecule has 1 heterocycles. The van der Waals surface area contributed by atoms with Crippen LogP contribution in [-0.2, 0) is 34.8 Å². The second kappa shape index (κ2) is 19.9. The Kier molecular flexibility index (Phi) is 13.5. The Hall–Kier alpha value is -6.56. The van der Waals surface area contributed by atoms with Gasteiger partial charge in [-0.25, -0.2) is 19.2 Å². The first-order valence-corrected chi connectivity index (χ1v) is 22.8. The summed E-state index contributed by atoms with van der Waals surface area (Å²) in [5.41, 5.74) is 3.31. The van der Waals surface area contributed by atoms with Gasteiger partial charge in [-0.3, -0.25) is 0 Å². The predicted molar refractivity (Wildman–Crippen MR) is 244 cm³/mol. The van der Waals surface area contributed by atoms with Crippen molar-refractivity contribution in [1.29, 1.82) is 0 Å². The number of aryl methyl sites for hydroxylation is 1. The number of esters is 4. The van der Waals surface area contributed by atoms with Crippen LogP contribution in [0.25, 0.3) is 0 Å². The molecule has 66 heavy (non-hydrogen) atoms. The molecule has 0 unspecified atom stereocenters. The zero-order valence-electron chi connectivity index (χ0n) is 37.1. The van der Waals surface area contributed by atoms with Crippen LogP contribution < -0.4 is 4.74 Å². The van der Waals surface area contributed by atoms with E-state index in [9.17, 15) is 19.2 Å². The Bertz CT molecular complexity index is 2510. The zero-order valence-corrected chi connectivity index (χ0v) is 37.1. The van der Waals surface area contributed by atoms with Crippen LogP contribution in [0.1, 0.15) is 97.5 Å². The highest BCUT2D eigenvalue weighted by atomic mass is 16.7. The van der Waals surface area contributed by atoms with Gasteiger partial charge in [0.2, 0.25) is 0 Å². The van der Waals surface area contributed by atoms with Crippen LogP contribution in [-0.4, -0.2) is 74.4 Å². The van der Waals surface area contributed by atoms with Crippen molar-refractivity contribution in [1.82, 2.24) is 0 Å². The average molecular weight is 891 g/mol. The lowest BCUT2D eigenvalue weighted by Gasteiger charge is -2.55. The summed E-state index contributed by atoms with van der Waals surface area (Å²) in [4.78, 5) is 56.0. The van der Waals surface area contributed by atoms with E-state index in [4.69, 9.17) is 33.2 Å². The zero-order chi connectivity index (χ0) is 45.6. The molecule has 10 atom stereocenters. The third-order valence-electron chi connectivity index (χ3n) is 14.0. The monoisotopic (exact) mass is 890 g/mol. The summed E-state index contributed by atoms with van der Waals surface area (Å²) in [6.07, 6.45) is 2.02. The second-order valence-corrected chi connectivity index (χ2v) is 17.8. The lowest BCUT2D eigenvalue weighted by atomic mass is 9.52. The first-order chi connectivity index (χ1) is 32.2. The summed E-state index contributed by atoms with van der Waals surface area (Å²) in [5, 5.41) is 0. The third-order valence-corrected chi connectivity index (χ3v) is 14.0. The average Bonchev–Trinajstić information content (AvgIpc) is 3.53. The molecule has 1 saturated carbocycles. The molecule has 4 aliphatic rings. The molecular formula is C55H54O11. The van der Waals surface area contributed by atoms with Crippen LogP contribution in [0.15, 0.2) is 152 Å². The molecule has 340 valence electrons. The standard InChI is InChI=1S/C55H54O11/c1-55-32-31-42-41-30-28-40(60-2)33-39(41)27-29-43(42)44(55)25-15-16-26-46(55)63-54-49(66-53(59)38-23-13-6-14-24-38)48(65-52(58)37-21-11-5-12-22-37)47(64-51(57)36-19-9-4-10-20-36)45(62-54)34-61-50(56)35-17-7-3-8-18-35/h3-24,28,30,33,42-49,54H,25-27,29,31-32,34H2,1-2H3/t42-,43-,44+,45-,46+,47-,48+,49-,54+,55+/m1/s1. The Morgan fingerprint density at radius 3 is 1.73 bits per heavy atom. The van der Waals surface area contributed by atoms with E-state index in [-0.39, 0.29) is 28.0 Å². The molecule has 9 rings (SSSR count). The van der Waals surface area contributed by atoms with Gasteiger partial charge in [0.05, 0.1) is 35.5 Å². The van der Waals surface area contributed by atoms with E-state index in [1.54, 1.807) is 128 Å². The molecule has 0 aromatic heterocycles. The molecule has 0 amide bonds. The first kappa shape index (κ1) is 44.6. The smallest absolute Gasteiger partial charge is 0.338 e. The fourth-order valence-electron chi connectivity index (χ4n) is 10.6.